The first-order chi connectivity index (χ1) is 12.0. The van der Waals surface area contributed by atoms with E-state index in [0.29, 0.717) is 31.9 Å². The van der Waals surface area contributed by atoms with Crippen LogP contribution in [0.25, 0.3) is 10.9 Å². The highest BCUT2D eigenvalue weighted by molar-refractivity contribution is 5.99. The quantitative estimate of drug-likeness (QED) is 0.832. The van der Waals surface area contributed by atoms with E-state index < -0.39 is 0 Å². The highest BCUT2D eigenvalue weighted by Gasteiger charge is 2.33. The number of likely N-dealkylation sites (tertiary alicyclic amines) is 1. The minimum absolute atomic E-state index is 0.0126. The normalized spacial score (nSPS) is 17.2. The fourth-order valence-electron chi connectivity index (χ4n) is 3.48. The van der Waals surface area contributed by atoms with Crippen LogP contribution in [0.1, 0.15) is 16.9 Å². The second kappa shape index (κ2) is 7.27. The third kappa shape index (κ3) is 3.39. The lowest BCUT2D eigenvalue weighted by Crippen LogP contribution is -2.34. The Bertz CT molecular complexity index is 781. The van der Waals surface area contributed by atoms with E-state index in [1.165, 1.54) is 0 Å². The summed E-state index contributed by atoms with van der Waals surface area (Å²) in [4.78, 5) is 28.6. The lowest BCUT2D eigenvalue weighted by Gasteiger charge is -2.19. The first-order valence-electron chi connectivity index (χ1n) is 8.60. The smallest absolute Gasteiger partial charge is 0.270 e. The third-order valence-corrected chi connectivity index (χ3v) is 4.81. The fraction of sp³-hybridized carbons (Fsp3) is 0.474. The summed E-state index contributed by atoms with van der Waals surface area (Å²) in [6, 6.07) is 9.91. The van der Waals surface area contributed by atoms with Gasteiger partial charge in [-0.25, -0.2) is 0 Å². The number of para-hydroxylation sites is 1. The highest BCUT2D eigenvalue weighted by atomic mass is 16.5. The number of hydrogen-bond acceptors (Lipinski definition) is 3. The van der Waals surface area contributed by atoms with E-state index in [1.54, 1.807) is 31.0 Å². The van der Waals surface area contributed by atoms with Crippen molar-refractivity contribution in [3.05, 3.63) is 36.0 Å². The summed E-state index contributed by atoms with van der Waals surface area (Å²) in [6.07, 6.45) is 0.723. The lowest BCUT2D eigenvalue weighted by atomic mass is 10.1. The maximum atomic E-state index is 13.1. The molecule has 1 atom stereocenters. The molecule has 0 aliphatic carbocycles. The molecule has 2 heterocycles. The minimum Gasteiger partial charge on any atom is -0.383 e. The molecule has 0 spiro atoms. The van der Waals surface area contributed by atoms with E-state index in [9.17, 15) is 9.59 Å². The third-order valence-electron chi connectivity index (χ3n) is 4.81. The summed E-state index contributed by atoms with van der Waals surface area (Å²) >= 11 is 0. The Labute approximate surface area is 147 Å². The molecule has 1 aromatic carbocycles. The van der Waals surface area contributed by atoms with Crippen LogP contribution in [-0.4, -0.2) is 67.1 Å². The summed E-state index contributed by atoms with van der Waals surface area (Å²) in [6.45, 7) is 2.27. The zero-order chi connectivity index (χ0) is 18.0. The number of nitrogens with zero attached hydrogens (tertiary/aromatic N) is 3. The molecule has 25 heavy (non-hydrogen) atoms. The summed E-state index contributed by atoms with van der Waals surface area (Å²) in [5.41, 5.74) is 1.69. The number of rotatable bonds is 5. The van der Waals surface area contributed by atoms with Crippen LogP contribution in [0.5, 0.6) is 0 Å². The molecule has 2 aromatic rings. The first-order valence-corrected chi connectivity index (χ1v) is 8.60. The van der Waals surface area contributed by atoms with Gasteiger partial charge in [0.25, 0.3) is 5.91 Å². The zero-order valence-electron chi connectivity index (χ0n) is 15.1. The molecule has 0 radical (unpaired) electrons. The molecule has 6 nitrogen and oxygen atoms in total. The van der Waals surface area contributed by atoms with Gasteiger partial charge in [-0.1, -0.05) is 18.2 Å². The second-order valence-electron chi connectivity index (χ2n) is 6.70. The average molecular weight is 343 g/mol. The van der Waals surface area contributed by atoms with Crippen molar-refractivity contribution in [3.63, 3.8) is 0 Å². The van der Waals surface area contributed by atoms with Crippen molar-refractivity contribution in [2.45, 2.75) is 13.0 Å². The zero-order valence-corrected chi connectivity index (χ0v) is 15.1. The number of fused-ring (bicyclic) bond motifs is 1. The van der Waals surface area contributed by atoms with Gasteiger partial charge in [0, 0.05) is 51.7 Å². The Morgan fingerprint density at radius 2 is 2.04 bits per heavy atom. The Hall–Kier alpha value is -2.34. The van der Waals surface area contributed by atoms with Crippen LogP contribution in [0.4, 0.5) is 0 Å². The van der Waals surface area contributed by atoms with Crippen molar-refractivity contribution in [1.29, 1.82) is 0 Å². The van der Waals surface area contributed by atoms with Crippen LogP contribution in [-0.2, 0) is 16.1 Å². The van der Waals surface area contributed by atoms with Gasteiger partial charge < -0.3 is 19.1 Å². The predicted molar refractivity (Wildman–Crippen MR) is 96.5 cm³/mol. The molecule has 1 aromatic heterocycles. The van der Waals surface area contributed by atoms with E-state index in [0.717, 1.165) is 17.3 Å². The van der Waals surface area contributed by atoms with E-state index in [-0.39, 0.29) is 17.7 Å². The largest absolute Gasteiger partial charge is 0.383 e. The Morgan fingerprint density at radius 1 is 1.28 bits per heavy atom. The standard InChI is InChI=1S/C19H25N3O3/c1-20(2)18(23)15-8-9-21(13-15)19(24)17-12-14-6-4-5-7-16(14)22(17)10-11-25-3/h4-7,12,15H,8-11,13H2,1-3H3. The summed E-state index contributed by atoms with van der Waals surface area (Å²) in [5.74, 6) is -0.0210. The Kier molecular flexibility index (Phi) is 5.08. The van der Waals surface area contributed by atoms with Crippen LogP contribution in [0.3, 0.4) is 0 Å². The van der Waals surface area contributed by atoms with Crippen molar-refractivity contribution in [1.82, 2.24) is 14.4 Å². The van der Waals surface area contributed by atoms with Gasteiger partial charge in [0.2, 0.25) is 5.91 Å². The fourth-order valence-corrected chi connectivity index (χ4v) is 3.48. The number of ether oxygens (including phenoxy) is 1. The van der Waals surface area contributed by atoms with Gasteiger partial charge in [0.1, 0.15) is 5.69 Å². The predicted octanol–water partition coefficient (Wildman–Crippen LogP) is 1.84. The van der Waals surface area contributed by atoms with Crippen molar-refractivity contribution < 1.29 is 14.3 Å². The molecule has 1 aliphatic heterocycles. The van der Waals surface area contributed by atoms with E-state index in [4.69, 9.17) is 4.74 Å². The molecule has 6 heteroatoms. The number of methoxy groups -OCH3 is 1. The molecular weight excluding hydrogens is 318 g/mol. The van der Waals surface area contributed by atoms with Gasteiger partial charge >= 0.3 is 0 Å². The van der Waals surface area contributed by atoms with Gasteiger partial charge in [-0.05, 0) is 18.6 Å². The van der Waals surface area contributed by atoms with E-state index in [1.807, 2.05) is 34.9 Å². The van der Waals surface area contributed by atoms with Crippen molar-refractivity contribution >= 4 is 22.7 Å². The molecule has 0 N–H and O–H groups in total. The second-order valence-corrected chi connectivity index (χ2v) is 6.70. The molecule has 0 saturated carbocycles. The summed E-state index contributed by atoms with van der Waals surface area (Å²) < 4.78 is 7.22. The van der Waals surface area contributed by atoms with Gasteiger partial charge in [-0.3, -0.25) is 9.59 Å². The summed E-state index contributed by atoms with van der Waals surface area (Å²) in [5, 5.41) is 1.04. The van der Waals surface area contributed by atoms with E-state index >= 15 is 0 Å². The number of hydrogen-bond donors (Lipinski definition) is 0. The van der Waals surface area contributed by atoms with Gasteiger partial charge in [0.15, 0.2) is 0 Å². The molecule has 1 fully saturated rings. The first kappa shape index (κ1) is 17.5. The molecular formula is C19H25N3O3. The molecule has 0 bridgehead atoms. The Morgan fingerprint density at radius 3 is 2.76 bits per heavy atom. The molecule has 1 aliphatic rings. The van der Waals surface area contributed by atoms with Crippen molar-refractivity contribution in [3.8, 4) is 0 Å². The van der Waals surface area contributed by atoms with E-state index in [2.05, 4.69) is 0 Å². The summed E-state index contributed by atoms with van der Waals surface area (Å²) in [7, 11) is 5.18. The maximum Gasteiger partial charge on any atom is 0.270 e. The number of aromatic nitrogens is 1. The van der Waals surface area contributed by atoms with Crippen LogP contribution in [0.2, 0.25) is 0 Å². The molecule has 1 unspecified atom stereocenters. The monoisotopic (exact) mass is 343 g/mol. The van der Waals surface area contributed by atoms with Crippen LogP contribution in [0.15, 0.2) is 30.3 Å². The molecule has 134 valence electrons. The highest BCUT2D eigenvalue weighted by Crippen LogP contribution is 2.24. The molecule has 1 saturated heterocycles. The van der Waals surface area contributed by atoms with Crippen LogP contribution >= 0.6 is 0 Å². The van der Waals surface area contributed by atoms with Crippen LogP contribution < -0.4 is 0 Å². The van der Waals surface area contributed by atoms with Gasteiger partial charge in [0.05, 0.1) is 12.5 Å². The SMILES string of the molecule is COCCn1c(C(=O)N2CCC(C(=O)N(C)C)C2)cc2ccccc21. The van der Waals surface area contributed by atoms with Crippen molar-refractivity contribution in [2.75, 3.05) is 40.9 Å². The average Bonchev–Trinajstić information content (AvgIpc) is 3.23. The topological polar surface area (TPSA) is 54.8 Å². The van der Waals surface area contributed by atoms with Crippen LogP contribution in [0, 0.1) is 5.92 Å². The maximum absolute atomic E-state index is 13.1. The van der Waals surface area contributed by atoms with Crippen molar-refractivity contribution in [2.24, 2.45) is 5.92 Å². The number of carbonyl (C=O) groups excluding carboxylic acids is 2. The Balaban J connectivity index is 1.86. The number of benzene rings is 1. The molecule has 3 rings (SSSR count). The minimum atomic E-state index is -0.101. The lowest BCUT2D eigenvalue weighted by molar-refractivity contribution is -0.132. The molecule has 2 amide bonds. The van der Waals surface area contributed by atoms with Gasteiger partial charge in [-0.15, -0.1) is 0 Å². The number of amides is 2. The van der Waals surface area contributed by atoms with Gasteiger partial charge in [-0.2, -0.15) is 0 Å². The number of carbonyl (C=O) groups is 2.